The van der Waals surface area contributed by atoms with Crippen LogP contribution in [0.3, 0.4) is 0 Å². The maximum atomic E-state index is 11.3. The molecule has 0 aromatic rings. The van der Waals surface area contributed by atoms with Gasteiger partial charge in [-0.25, -0.2) is 0 Å². The summed E-state index contributed by atoms with van der Waals surface area (Å²) in [5, 5.41) is 11.3. The summed E-state index contributed by atoms with van der Waals surface area (Å²) < 4.78 is 0. The predicted molar refractivity (Wildman–Crippen MR) is 71.7 cm³/mol. The van der Waals surface area contributed by atoms with Crippen molar-refractivity contribution in [3.63, 3.8) is 0 Å². The summed E-state index contributed by atoms with van der Waals surface area (Å²) in [6.45, 7) is 7.44. The Bertz CT molecular complexity index is 279. The zero-order valence-corrected chi connectivity index (χ0v) is 11.8. The van der Waals surface area contributed by atoms with Gasteiger partial charge in [0.2, 0.25) is 0 Å². The van der Waals surface area contributed by atoms with Crippen LogP contribution >= 0.6 is 0 Å². The molecular weight excluding hydrogens is 210 g/mol. The lowest BCUT2D eigenvalue weighted by atomic mass is 9.55. The molecule has 0 radical (unpaired) electrons. The Balaban J connectivity index is 2.29. The van der Waals surface area contributed by atoms with Crippen LogP contribution in [0.25, 0.3) is 0 Å². The molecule has 1 unspecified atom stereocenters. The van der Waals surface area contributed by atoms with E-state index in [9.17, 15) is 5.11 Å². The fourth-order valence-corrected chi connectivity index (χ4v) is 4.42. The topological polar surface area (TPSA) is 46.2 Å². The third-order valence-electron chi connectivity index (χ3n) is 5.96. The van der Waals surface area contributed by atoms with E-state index in [2.05, 4.69) is 20.8 Å². The maximum Gasteiger partial charge on any atom is 0.0766 e. The zero-order chi connectivity index (χ0) is 12.7. The Hall–Kier alpha value is -0.0800. The van der Waals surface area contributed by atoms with Crippen LogP contribution in [0.4, 0.5) is 0 Å². The van der Waals surface area contributed by atoms with E-state index in [1.54, 1.807) is 0 Å². The van der Waals surface area contributed by atoms with Crippen molar-refractivity contribution in [2.45, 2.75) is 71.3 Å². The fraction of sp³-hybridized carbons (Fsp3) is 1.00. The lowest BCUT2D eigenvalue weighted by Crippen LogP contribution is -2.59. The van der Waals surface area contributed by atoms with Crippen LogP contribution in [-0.2, 0) is 0 Å². The van der Waals surface area contributed by atoms with Crippen LogP contribution in [0.5, 0.6) is 0 Å². The Morgan fingerprint density at radius 1 is 1.12 bits per heavy atom. The first-order chi connectivity index (χ1) is 7.87. The molecule has 2 saturated carbocycles. The Morgan fingerprint density at radius 2 is 1.71 bits per heavy atom. The van der Waals surface area contributed by atoms with Crippen molar-refractivity contribution in [3.05, 3.63) is 0 Å². The molecule has 0 amide bonds. The lowest BCUT2D eigenvalue weighted by Gasteiger charge is -2.54. The summed E-state index contributed by atoms with van der Waals surface area (Å²) in [4.78, 5) is 0. The minimum atomic E-state index is -0.533. The average Bonchev–Trinajstić information content (AvgIpc) is 2.56. The van der Waals surface area contributed by atoms with Crippen LogP contribution in [0.2, 0.25) is 0 Å². The monoisotopic (exact) mass is 239 g/mol. The second-order valence-corrected chi connectivity index (χ2v) is 7.26. The standard InChI is InChI=1S/C15H29NO/c1-12-5-9-14(11-16,10-6-12)15(17)8-4-7-13(15,2)3/h12,17H,4-11,16H2,1-3H3. The third kappa shape index (κ3) is 1.84. The minimum absolute atomic E-state index is 0.0144. The van der Waals surface area contributed by atoms with Crippen LogP contribution < -0.4 is 5.73 Å². The lowest BCUT2D eigenvalue weighted by molar-refractivity contribution is -0.158. The molecule has 2 nitrogen and oxygen atoms in total. The molecule has 2 aliphatic carbocycles. The van der Waals surface area contributed by atoms with Crippen molar-refractivity contribution in [2.24, 2.45) is 22.5 Å². The van der Waals surface area contributed by atoms with Crippen molar-refractivity contribution in [1.82, 2.24) is 0 Å². The predicted octanol–water partition coefficient (Wildman–Crippen LogP) is 3.08. The molecule has 2 aliphatic rings. The molecule has 0 saturated heterocycles. The highest BCUT2D eigenvalue weighted by atomic mass is 16.3. The highest BCUT2D eigenvalue weighted by Crippen LogP contribution is 2.59. The molecule has 0 spiro atoms. The van der Waals surface area contributed by atoms with E-state index < -0.39 is 5.60 Å². The molecule has 2 fully saturated rings. The molecule has 100 valence electrons. The van der Waals surface area contributed by atoms with Crippen LogP contribution in [-0.4, -0.2) is 17.3 Å². The van der Waals surface area contributed by atoms with Crippen molar-refractivity contribution in [2.75, 3.05) is 6.54 Å². The molecule has 2 rings (SSSR count). The van der Waals surface area contributed by atoms with E-state index in [-0.39, 0.29) is 10.8 Å². The third-order valence-corrected chi connectivity index (χ3v) is 5.96. The van der Waals surface area contributed by atoms with Gasteiger partial charge in [-0.1, -0.05) is 33.6 Å². The van der Waals surface area contributed by atoms with E-state index in [1.807, 2.05) is 0 Å². The number of nitrogens with two attached hydrogens (primary N) is 1. The van der Waals surface area contributed by atoms with Crippen molar-refractivity contribution in [3.8, 4) is 0 Å². The summed E-state index contributed by atoms with van der Waals surface area (Å²) in [6, 6.07) is 0. The smallest absolute Gasteiger partial charge is 0.0766 e. The molecule has 1 atom stereocenters. The van der Waals surface area contributed by atoms with Gasteiger partial charge in [0.25, 0.3) is 0 Å². The van der Waals surface area contributed by atoms with Crippen molar-refractivity contribution < 1.29 is 5.11 Å². The van der Waals surface area contributed by atoms with Crippen LogP contribution in [0.1, 0.15) is 65.7 Å². The SMILES string of the molecule is CC1CCC(CN)(C2(O)CCCC2(C)C)CC1. The van der Waals surface area contributed by atoms with E-state index in [4.69, 9.17) is 5.73 Å². The largest absolute Gasteiger partial charge is 0.389 e. The van der Waals surface area contributed by atoms with Gasteiger partial charge in [-0.15, -0.1) is 0 Å². The van der Waals surface area contributed by atoms with Gasteiger partial charge in [0, 0.05) is 12.0 Å². The summed E-state index contributed by atoms with van der Waals surface area (Å²) in [7, 11) is 0. The summed E-state index contributed by atoms with van der Waals surface area (Å²) in [5.74, 6) is 0.808. The Kier molecular flexibility index (Phi) is 3.33. The Labute approximate surface area is 106 Å². The second kappa shape index (κ2) is 4.24. The van der Waals surface area contributed by atoms with Gasteiger partial charge in [-0.05, 0) is 43.4 Å². The molecule has 0 aromatic heterocycles. The second-order valence-electron chi connectivity index (χ2n) is 7.26. The molecule has 3 N–H and O–H groups in total. The molecule has 0 heterocycles. The molecule has 17 heavy (non-hydrogen) atoms. The quantitative estimate of drug-likeness (QED) is 0.778. The first kappa shape index (κ1) is 13.4. The van der Waals surface area contributed by atoms with Gasteiger partial charge in [0.05, 0.1) is 5.60 Å². The average molecular weight is 239 g/mol. The zero-order valence-electron chi connectivity index (χ0n) is 11.8. The minimum Gasteiger partial charge on any atom is -0.389 e. The highest BCUT2D eigenvalue weighted by molar-refractivity contribution is 5.11. The summed E-state index contributed by atoms with van der Waals surface area (Å²) >= 11 is 0. The van der Waals surface area contributed by atoms with Gasteiger partial charge >= 0.3 is 0 Å². The first-order valence-electron chi connectivity index (χ1n) is 7.29. The van der Waals surface area contributed by atoms with Gasteiger partial charge in [0.1, 0.15) is 0 Å². The van der Waals surface area contributed by atoms with Gasteiger partial charge in [-0.2, -0.15) is 0 Å². The van der Waals surface area contributed by atoms with Gasteiger partial charge in [0.15, 0.2) is 0 Å². The molecule has 0 aliphatic heterocycles. The number of aliphatic hydroxyl groups is 1. The van der Waals surface area contributed by atoms with Gasteiger partial charge < -0.3 is 10.8 Å². The van der Waals surface area contributed by atoms with Crippen LogP contribution in [0, 0.1) is 16.7 Å². The number of rotatable bonds is 2. The van der Waals surface area contributed by atoms with Gasteiger partial charge in [-0.3, -0.25) is 0 Å². The fourth-order valence-electron chi connectivity index (χ4n) is 4.42. The molecule has 2 heteroatoms. The van der Waals surface area contributed by atoms with E-state index >= 15 is 0 Å². The normalized spacial score (nSPS) is 46.1. The van der Waals surface area contributed by atoms with Crippen molar-refractivity contribution in [1.29, 1.82) is 0 Å². The number of hydrogen-bond acceptors (Lipinski definition) is 2. The summed E-state index contributed by atoms with van der Waals surface area (Å²) in [6.07, 6.45) is 7.94. The first-order valence-corrected chi connectivity index (χ1v) is 7.29. The molecular formula is C15H29NO. The summed E-state index contributed by atoms with van der Waals surface area (Å²) in [5.41, 5.74) is 5.60. The Morgan fingerprint density at radius 3 is 2.12 bits per heavy atom. The maximum absolute atomic E-state index is 11.3. The van der Waals surface area contributed by atoms with Crippen LogP contribution in [0.15, 0.2) is 0 Å². The number of hydrogen-bond donors (Lipinski definition) is 2. The highest BCUT2D eigenvalue weighted by Gasteiger charge is 2.59. The molecule has 0 bridgehead atoms. The van der Waals surface area contributed by atoms with E-state index in [0.29, 0.717) is 6.54 Å². The van der Waals surface area contributed by atoms with E-state index in [1.165, 1.54) is 12.8 Å². The van der Waals surface area contributed by atoms with E-state index in [0.717, 1.165) is 38.0 Å². The van der Waals surface area contributed by atoms with Crippen molar-refractivity contribution >= 4 is 0 Å². The molecule has 0 aromatic carbocycles.